The molecule has 0 aliphatic rings. The zero-order chi connectivity index (χ0) is 10.7. The van der Waals surface area contributed by atoms with Gasteiger partial charge in [0, 0.05) is 6.42 Å². The number of nitrogens with two attached hydrogens (primary N) is 1. The molecule has 0 aliphatic carbocycles. The summed E-state index contributed by atoms with van der Waals surface area (Å²) in [6.07, 6.45) is 2.01. The van der Waals surface area contributed by atoms with Gasteiger partial charge in [-0.2, -0.15) is 0 Å². The van der Waals surface area contributed by atoms with Crippen molar-refractivity contribution in [3.8, 4) is 11.1 Å². The molecule has 4 heteroatoms. The molecule has 1 aromatic heterocycles. The van der Waals surface area contributed by atoms with Gasteiger partial charge in [0.25, 0.3) is 0 Å². The van der Waals surface area contributed by atoms with Crippen molar-refractivity contribution in [2.75, 3.05) is 12.4 Å². The monoisotopic (exact) mass is 206 g/mol. The normalized spacial score (nSPS) is 10.5. The van der Waals surface area contributed by atoms with Gasteiger partial charge >= 0.3 is 0 Å². The number of aryl methyl sites for hydroxylation is 1. The van der Waals surface area contributed by atoms with Gasteiger partial charge in [0.2, 0.25) is 5.88 Å². The Morgan fingerprint density at radius 3 is 2.53 bits per heavy atom. The Labute approximate surface area is 86.7 Å². The lowest BCUT2D eigenvalue weighted by Gasteiger charge is -2.00. The molecule has 0 fully saturated rings. The van der Waals surface area contributed by atoms with Gasteiger partial charge in [0.05, 0.1) is 18.4 Å². The molecule has 1 aromatic carbocycles. The van der Waals surface area contributed by atoms with E-state index in [9.17, 15) is 4.39 Å². The van der Waals surface area contributed by atoms with Crippen LogP contribution in [0, 0.1) is 0 Å². The zero-order valence-electron chi connectivity index (χ0n) is 8.11. The summed E-state index contributed by atoms with van der Waals surface area (Å²) in [6, 6.07) is 7.52. The minimum absolute atomic E-state index is 0.299. The zero-order valence-corrected chi connectivity index (χ0v) is 8.11. The van der Waals surface area contributed by atoms with E-state index in [0.717, 1.165) is 16.7 Å². The van der Waals surface area contributed by atoms with Crippen molar-refractivity contribution in [1.82, 2.24) is 5.16 Å². The van der Waals surface area contributed by atoms with Crippen LogP contribution in [0.1, 0.15) is 5.56 Å². The third kappa shape index (κ3) is 1.98. The van der Waals surface area contributed by atoms with Crippen molar-refractivity contribution < 1.29 is 8.91 Å². The Kier molecular flexibility index (Phi) is 2.67. The number of nitrogen functional groups attached to an aromatic ring is 1. The summed E-state index contributed by atoms with van der Waals surface area (Å²) in [4.78, 5) is 0. The molecule has 2 aromatic rings. The summed E-state index contributed by atoms with van der Waals surface area (Å²) in [5, 5.41) is 3.60. The predicted molar refractivity (Wildman–Crippen MR) is 56.0 cm³/mol. The summed E-state index contributed by atoms with van der Waals surface area (Å²) >= 11 is 0. The standard InChI is InChI=1S/C11H11FN2O/c12-6-5-8-1-3-9(4-2-8)10-7-14-15-11(10)13/h1-4,7H,5-6,13H2. The summed E-state index contributed by atoms with van der Waals surface area (Å²) < 4.78 is 16.8. The molecule has 0 saturated carbocycles. The smallest absolute Gasteiger partial charge is 0.229 e. The second-order valence-corrected chi connectivity index (χ2v) is 3.24. The van der Waals surface area contributed by atoms with Gasteiger partial charge in [-0.05, 0) is 11.1 Å². The number of aromatic nitrogens is 1. The van der Waals surface area contributed by atoms with E-state index in [4.69, 9.17) is 10.3 Å². The number of halogens is 1. The molecule has 0 aliphatic heterocycles. The number of hydrogen-bond acceptors (Lipinski definition) is 3. The summed E-state index contributed by atoms with van der Waals surface area (Å²) in [5.74, 6) is 0.299. The molecule has 78 valence electrons. The first-order valence-corrected chi connectivity index (χ1v) is 4.66. The van der Waals surface area contributed by atoms with Gasteiger partial charge < -0.3 is 10.3 Å². The van der Waals surface area contributed by atoms with Crippen molar-refractivity contribution in [2.24, 2.45) is 0 Å². The molecule has 3 nitrogen and oxygen atoms in total. The first-order chi connectivity index (χ1) is 7.31. The fraction of sp³-hybridized carbons (Fsp3) is 0.182. The predicted octanol–water partition coefficient (Wildman–Crippen LogP) is 2.44. The molecule has 0 saturated heterocycles. The fourth-order valence-electron chi connectivity index (χ4n) is 1.43. The van der Waals surface area contributed by atoms with Gasteiger partial charge in [-0.25, -0.2) is 0 Å². The molecule has 0 unspecified atom stereocenters. The Morgan fingerprint density at radius 1 is 1.27 bits per heavy atom. The molecule has 0 spiro atoms. The van der Waals surface area contributed by atoms with Gasteiger partial charge in [0.1, 0.15) is 0 Å². The van der Waals surface area contributed by atoms with E-state index in [1.165, 1.54) is 0 Å². The van der Waals surface area contributed by atoms with E-state index in [2.05, 4.69) is 5.16 Å². The number of alkyl halides is 1. The fourth-order valence-corrected chi connectivity index (χ4v) is 1.43. The summed E-state index contributed by atoms with van der Waals surface area (Å²) in [5.41, 5.74) is 8.24. The van der Waals surface area contributed by atoms with E-state index >= 15 is 0 Å². The van der Waals surface area contributed by atoms with Crippen LogP contribution in [0.25, 0.3) is 11.1 Å². The lowest BCUT2D eigenvalue weighted by atomic mass is 10.1. The molecule has 1 heterocycles. The Bertz CT molecular complexity index is 436. The third-order valence-electron chi connectivity index (χ3n) is 2.25. The Morgan fingerprint density at radius 2 is 2.00 bits per heavy atom. The van der Waals surface area contributed by atoms with Crippen molar-refractivity contribution in [1.29, 1.82) is 0 Å². The molecule has 15 heavy (non-hydrogen) atoms. The maximum Gasteiger partial charge on any atom is 0.229 e. The van der Waals surface area contributed by atoms with E-state index in [0.29, 0.717) is 12.3 Å². The molecule has 0 atom stereocenters. The maximum absolute atomic E-state index is 12.1. The number of benzene rings is 1. The van der Waals surface area contributed by atoms with Crippen molar-refractivity contribution in [3.63, 3.8) is 0 Å². The van der Waals surface area contributed by atoms with Crippen molar-refractivity contribution >= 4 is 5.88 Å². The topological polar surface area (TPSA) is 52.0 Å². The van der Waals surface area contributed by atoms with E-state index in [1.54, 1.807) is 6.20 Å². The van der Waals surface area contributed by atoms with Crippen LogP contribution in [0.3, 0.4) is 0 Å². The Balaban J connectivity index is 2.28. The van der Waals surface area contributed by atoms with Crippen LogP contribution < -0.4 is 5.73 Å². The highest BCUT2D eigenvalue weighted by molar-refractivity contribution is 5.71. The Hall–Kier alpha value is -1.84. The number of hydrogen-bond donors (Lipinski definition) is 1. The lowest BCUT2D eigenvalue weighted by Crippen LogP contribution is -1.88. The van der Waals surface area contributed by atoms with Crippen LogP contribution >= 0.6 is 0 Å². The lowest BCUT2D eigenvalue weighted by molar-refractivity contribution is 0.436. The average molecular weight is 206 g/mol. The van der Waals surface area contributed by atoms with Crippen LogP contribution in [0.5, 0.6) is 0 Å². The van der Waals surface area contributed by atoms with Crippen LogP contribution in [0.4, 0.5) is 10.3 Å². The summed E-state index contributed by atoms with van der Waals surface area (Å²) in [7, 11) is 0. The average Bonchev–Trinajstić information content (AvgIpc) is 2.66. The maximum atomic E-state index is 12.1. The highest BCUT2D eigenvalue weighted by Gasteiger charge is 2.06. The quantitative estimate of drug-likeness (QED) is 0.839. The molecule has 2 N–H and O–H groups in total. The molecule has 0 amide bonds. The van der Waals surface area contributed by atoms with E-state index in [-0.39, 0.29) is 6.67 Å². The van der Waals surface area contributed by atoms with Gasteiger partial charge in [-0.3, -0.25) is 4.39 Å². The van der Waals surface area contributed by atoms with Gasteiger partial charge in [0.15, 0.2) is 0 Å². The first kappa shape index (κ1) is 9.71. The van der Waals surface area contributed by atoms with Crippen LogP contribution in [-0.4, -0.2) is 11.8 Å². The highest BCUT2D eigenvalue weighted by atomic mass is 19.1. The number of nitrogens with zero attached hydrogens (tertiary/aromatic N) is 1. The van der Waals surface area contributed by atoms with E-state index < -0.39 is 0 Å². The molecular weight excluding hydrogens is 195 g/mol. The number of anilines is 1. The molecule has 2 rings (SSSR count). The van der Waals surface area contributed by atoms with Gasteiger partial charge in [-0.1, -0.05) is 29.4 Å². The van der Waals surface area contributed by atoms with Crippen LogP contribution in [0.2, 0.25) is 0 Å². The molecule has 0 bridgehead atoms. The SMILES string of the molecule is Nc1oncc1-c1ccc(CCF)cc1. The van der Waals surface area contributed by atoms with Crippen molar-refractivity contribution in [3.05, 3.63) is 36.0 Å². The summed E-state index contributed by atoms with van der Waals surface area (Å²) in [6.45, 7) is -0.339. The molecular formula is C11H11FN2O. The van der Waals surface area contributed by atoms with Crippen LogP contribution in [0.15, 0.2) is 35.0 Å². The first-order valence-electron chi connectivity index (χ1n) is 4.66. The second kappa shape index (κ2) is 4.13. The van der Waals surface area contributed by atoms with Crippen molar-refractivity contribution in [2.45, 2.75) is 6.42 Å². The number of rotatable bonds is 3. The highest BCUT2D eigenvalue weighted by Crippen LogP contribution is 2.25. The second-order valence-electron chi connectivity index (χ2n) is 3.24. The third-order valence-corrected chi connectivity index (χ3v) is 2.25. The van der Waals surface area contributed by atoms with Gasteiger partial charge in [-0.15, -0.1) is 0 Å². The van der Waals surface area contributed by atoms with E-state index in [1.807, 2.05) is 24.3 Å². The molecule has 0 radical (unpaired) electrons. The van der Waals surface area contributed by atoms with Crippen LogP contribution in [-0.2, 0) is 6.42 Å². The minimum atomic E-state index is -0.339. The largest absolute Gasteiger partial charge is 0.367 e. The minimum Gasteiger partial charge on any atom is -0.367 e.